The molecule has 1 aromatic carbocycles. The molecule has 0 fully saturated rings. The van der Waals surface area contributed by atoms with Crippen molar-refractivity contribution in [1.82, 2.24) is 19.9 Å². The van der Waals surface area contributed by atoms with E-state index in [1.807, 2.05) is 0 Å². The quantitative estimate of drug-likeness (QED) is 0.332. The van der Waals surface area contributed by atoms with Gasteiger partial charge in [0.2, 0.25) is 5.91 Å². The van der Waals surface area contributed by atoms with Crippen molar-refractivity contribution in [2.75, 3.05) is 11.1 Å². The van der Waals surface area contributed by atoms with Gasteiger partial charge in [-0.15, -0.1) is 11.3 Å². The van der Waals surface area contributed by atoms with Crippen LogP contribution < -0.4 is 16.6 Å². The van der Waals surface area contributed by atoms with Gasteiger partial charge in [0.1, 0.15) is 10.7 Å². The Morgan fingerprint density at radius 1 is 1.13 bits per heavy atom. The lowest BCUT2D eigenvalue weighted by molar-refractivity contribution is -0.115. The van der Waals surface area contributed by atoms with Crippen LogP contribution in [0.1, 0.15) is 35.5 Å². The Balaban J connectivity index is 1.17. The van der Waals surface area contributed by atoms with Gasteiger partial charge in [-0.05, 0) is 49.4 Å². The number of thiophene rings is 1. The Bertz CT molecular complexity index is 1400. The van der Waals surface area contributed by atoms with Crippen molar-refractivity contribution in [3.8, 4) is 0 Å². The lowest BCUT2D eigenvalue weighted by atomic mass is 9.97. The van der Waals surface area contributed by atoms with Crippen LogP contribution in [0.4, 0.5) is 5.69 Å². The predicted octanol–water partition coefficient (Wildman–Crippen LogP) is 3.30. The second kappa shape index (κ2) is 8.35. The van der Waals surface area contributed by atoms with E-state index < -0.39 is 0 Å². The van der Waals surface area contributed by atoms with Gasteiger partial charge in [-0.2, -0.15) is 11.8 Å². The number of hydrogen-bond donors (Lipinski definition) is 4. The fraction of sp³-hybridized carbons (Fsp3) is 0.333. The molecule has 0 atom stereocenters. The Morgan fingerprint density at radius 3 is 2.87 bits per heavy atom. The number of aryl methyl sites for hydroxylation is 2. The normalized spacial score (nSPS) is 13.5. The first kappa shape index (κ1) is 20.1. The van der Waals surface area contributed by atoms with Crippen molar-refractivity contribution >= 4 is 55.9 Å². The van der Waals surface area contributed by atoms with Crippen molar-refractivity contribution in [2.24, 2.45) is 0 Å². The molecule has 0 unspecified atom stereocenters. The minimum Gasteiger partial charge on any atom is -0.326 e. The molecule has 0 saturated carbocycles. The molecule has 5 rings (SSSR count). The van der Waals surface area contributed by atoms with Gasteiger partial charge in [0, 0.05) is 22.7 Å². The van der Waals surface area contributed by atoms with Gasteiger partial charge in [0.05, 0.1) is 22.2 Å². The van der Waals surface area contributed by atoms with E-state index >= 15 is 0 Å². The Kier molecular flexibility index (Phi) is 5.41. The number of thioether (sulfide) groups is 1. The molecule has 1 amide bonds. The Labute approximate surface area is 184 Å². The zero-order chi connectivity index (χ0) is 21.4. The minimum absolute atomic E-state index is 0.0454. The number of aromatic amines is 3. The van der Waals surface area contributed by atoms with Crippen molar-refractivity contribution in [3.63, 3.8) is 0 Å². The van der Waals surface area contributed by atoms with Gasteiger partial charge in [-0.1, -0.05) is 0 Å². The number of anilines is 1. The summed E-state index contributed by atoms with van der Waals surface area (Å²) in [7, 11) is 0. The van der Waals surface area contributed by atoms with E-state index in [0.717, 1.165) is 29.5 Å². The largest absolute Gasteiger partial charge is 0.326 e. The molecule has 10 heteroatoms. The van der Waals surface area contributed by atoms with Gasteiger partial charge in [-0.25, -0.2) is 9.78 Å². The SMILES string of the molecule is O=C(CCSCc1nc2sc3c(c2c(=O)[nH]1)CCCC3)Nc1ccc2[nH]c(=O)[nH]c2c1. The Morgan fingerprint density at radius 2 is 1.97 bits per heavy atom. The zero-order valence-electron chi connectivity index (χ0n) is 16.7. The van der Waals surface area contributed by atoms with Gasteiger partial charge in [0.15, 0.2) is 0 Å². The number of aromatic nitrogens is 4. The molecule has 8 nitrogen and oxygen atoms in total. The number of H-pyrrole nitrogens is 3. The molecular weight excluding hydrogens is 434 g/mol. The second-order valence-corrected chi connectivity index (χ2v) is 9.78. The second-order valence-electron chi connectivity index (χ2n) is 7.59. The highest BCUT2D eigenvalue weighted by Crippen LogP contribution is 2.33. The summed E-state index contributed by atoms with van der Waals surface area (Å²) in [5.41, 5.74) is 2.86. The molecule has 0 saturated heterocycles. The number of fused-ring (bicyclic) bond motifs is 4. The van der Waals surface area contributed by atoms with Crippen LogP contribution in [0, 0.1) is 0 Å². The maximum absolute atomic E-state index is 12.6. The van der Waals surface area contributed by atoms with E-state index in [2.05, 4.69) is 25.3 Å². The minimum atomic E-state index is -0.276. The molecule has 1 aliphatic rings. The van der Waals surface area contributed by atoms with E-state index in [1.165, 1.54) is 16.9 Å². The summed E-state index contributed by atoms with van der Waals surface area (Å²) in [6.07, 6.45) is 4.67. The van der Waals surface area contributed by atoms with E-state index in [-0.39, 0.29) is 17.2 Å². The molecule has 0 spiro atoms. The summed E-state index contributed by atoms with van der Waals surface area (Å²) in [6, 6.07) is 5.22. The molecule has 0 radical (unpaired) electrons. The van der Waals surface area contributed by atoms with Crippen molar-refractivity contribution in [1.29, 1.82) is 0 Å². The monoisotopic (exact) mass is 455 g/mol. The van der Waals surface area contributed by atoms with Crippen molar-refractivity contribution < 1.29 is 4.79 Å². The number of amides is 1. The lowest BCUT2D eigenvalue weighted by Gasteiger charge is -2.09. The zero-order valence-corrected chi connectivity index (χ0v) is 18.3. The molecule has 4 aromatic rings. The molecule has 160 valence electrons. The van der Waals surface area contributed by atoms with Crippen LogP contribution >= 0.6 is 23.1 Å². The summed E-state index contributed by atoms with van der Waals surface area (Å²) in [6.45, 7) is 0. The number of hydrogen-bond acceptors (Lipinski definition) is 6. The number of benzene rings is 1. The Hall–Kier alpha value is -2.85. The van der Waals surface area contributed by atoms with Gasteiger partial charge >= 0.3 is 5.69 Å². The van der Waals surface area contributed by atoms with Crippen LogP contribution in [0.2, 0.25) is 0 Å². The summed E-state index contributed by atoms with van der Waals surface area (Å²) in [5, 5.41) is 3.61. The van der Waals surface area contributed by atoms with Crippen molar-refractivity contribution in [2.45, 2.75) is 37.9 Å². The smallest absolute Gasteiger partial charge is 0.323 e. The third kappa shape index (κ3) is 4.17. The summed E-state index contributed by atoms with van der Waals surface area (Å²) < 4.78 is 0. The number of imidazole rings is 1. The molecule has 3 aromatic heterocycles. The number of nitrogens with one attached hydrogen (secondary N) is 4. The molecule has 4 N–H and O–H groups in total. The fourth-order valence-electron chi connectivity index (χ4n) is 3.94. The molecule has 31 heavy (non-hydrogen) atoms. The molecular formula is C21H21N5O3S2. The van der Waals surface area contributed by atoms with Crippen LogP contribution in [0.25, 0.3) is 21.3 Å². The van der Waals surface area contributed by atoms with E-state index in [1.54, 1.807) is 41.3 Å². The van der Waals surface area contributed by atoms with Crippen molar-refractivity contribution in [3.05, 3.63) is 55.3 Å². The van der Waals surface area contributed by atoms with Crippen LogP contribution in [0.5, 0.6) is 0 Å². The highest BCUT2D eigenvalue weighted by molar-refractivity contribution is 7.98. The highest BCUT2D eigenvalue weighted by Gasteiger charge is 2.19. The molecule has 0 bridgehead atoms. The van der Waals surface area contributed by atoms with Crippen LogP contribution in [0.3, 0.4) is 0 Å². The third-order valence-electron chi connectivity index (χ3n) is 5.39. The first-order valence-electron chi connectivity index (χ1n) is 10.2. The van der Waals surface area contributed by atoms with Crippen LogP contribution in [0.15, 0.2) is 27.8 Å². The molecule has 0 aliphatic heterocycles. The van der Waals surface area contributed by atoms with E-state index in [0.29, 0.717) is 40.5 Å². The van der Waals surface area contributed by atoms with E-state index in [9.17, 15) is 14.4 Å². The average molecular weight is 456 g/mol. The lowest BCUT2D eigenvalue weighted by Crippen LogP contribution is -2.13. The number of carbonyl (C=O) groups is 1. The molecule has 3 heterocycles. The van der Waals surface area contributed by atoms with Gasteiger partial charge < -0.3 is 20.3 Å². The fourth-order valence-corrected chi connectivity index (χ4v) is 6.03. The van der Waals surface area contributed by atoms with E-state index in [4.69, 9.17) is 0 Å². The summed E-state index contributed by atoms with van der Waals surface area (Å²) >= 11 is 3.21. The topological polar surface area (TPSA) is 123 Å². The number of rotatable bonds is 6. The van der Waals surface area contributed by atoms with Gasteiger partial charge in [-0.3, -0.25) is 9.59 Å². The third-order valence-corrected chi connectivity index (χ3v) is 7.54. The highest BCUT2D eigenvalue weighted by atomic mass is 32.2. The molecule has 1 aliphatic carbocycles. The first-order valence-corrected chi connectivity index (χ1v) is 12.2. The summed E-state index contributed by atoms with van der Waals surface area (Å²) in [5.74, 6) is 1.71. The van der Waals surface area contributed by atoms with Gasteiger partial charge in [0.25, 0.3) is 5.56 Å². The standard InChI is InChI=1S/C21H21N5O3S2/c27-17(22-11-5-6-13-14(9-11)24-21(29)23-13)7-8-30-10-16-25-19(28)18-12-3-1-2-4-15(12)31-20(18)26-16/h5-6,9H,1-4,7-8,10H2,(H,22,27)(H2,23,24,29)(H,25,26,28). The first-order chi connectivity index (χ1) is 15.1. The summed E-state index contributed by atoms with van der Waals surface area (Å²) in [4.78, 5) is 51.2. The van der Waals surface area contributed by atoms with Crippen LogP contribution in [-0.2, 0) is 23.4 Å². The van der Waals surface area contributed by atoms with Crippen LogP contribution in [-0.4, -0.2) is 31.6 Å². The number of nitrogens with zero attached hydrogens (tertiary/aromatic N) is 1. The maximum atomic E-state index is 12.6. The average Bonchev–Trinajstić information content (AvgIpc) is 3.30. The number of carbonyl (C=O) groups excluding carboxylic acids is 1. The maximum Gasteiger partial charge on any atom is 0.323 e. The predicted molar refractivity (Wildman–Crippen MR) is 125 cm³/mol.